The van der Waals surface area contributed by atoms with Crippen LogP contribution in [0.4, 0.5) is 5.69 Å². The molecule has 2 rings (SSSR count). The van der Waals surface area contributed by atoms with Gasteiger partial charge in [-0.1, -0.05) is 23.7 Å². The standard InChI is InChI=1S/C12H11Cl2NS/c13-7-9-1-3-10(4-2-9)15-8-11-5-6-12(14)16-11/h1-6,15H,7-8H2. The molecule has 0 saturated carbocycles. The molecular weight excluding hydrogens is 261 g/mol. The van der Waals surface area contributed by atoms with Crippen LogP contribution in [-0.4, -0.2) is 0 Å². The van der Waals surface area contributed by atoms with Crippen molar-refractivity contribution in [1.82, 2.24) is 0 Å². The van der Waals surface area contributed by atoms with E-state index in [4.69, 9.17) is 23.2 Å². The summed E-state index contributed by atoms with van der Waals surface area (Å²) in [6.07, 6.45) is 0. The number of hydrogen-bond donors (Lipinski definition) is 1. The summed E-state index contributed by atoms with van der Waals surface area (Å²) in [5.74, 6) is 0.556. The zero-order chi connectivity index (χ0) is 11.4. The lowest BCUT2D eigenvalue weighted by Crippen LogP contribution is -1.96. The molecule has 0 radical (unpaired) electrons. The van der Waals surface area contributed by atoms with Crippen LogP contribution < -0.4 is 5.32 Å². The Morgan fingerprint density at radius 2 is 1.81 bits per heavy atom. The lowest BCUT2D eigenvalue weighted by atomic mass is 10.2. The van der Waals surface area contributed by atoms with E-state index in [0.29, 0.717) is 5.88 Å². The molecule has 1 aromatic heterocycles. The third-order valence-electron chi connectivity index (χ3n) is 2.20. The first-order chi connectivity index (χ1) is 7.78. The predicted molar refractivity (Wildman–Crippen MR) is 72.7 cm³/mol. The van der Waals surface area contributed by atoms with E-state index in [0.717, 1.165) is 22.1 Å². The molecule has 1 heterocycles. The molecule has 1 aromatic carbocycles. The van der Waals surface area contributed by atoms with Gasteiger partial charge in [0.1, 0.15) is 0 Å². The first-order valence-electron chi connectivity index (χ1n) is 4.91. The van der Waals surface area contributed by atoms with Gasteiger partial charge in [0.25, 0.3) is 0 Å². The van der Waals surface area contributed by atoms with Crippen LogP contribution in [0, 0.1) is 0 Å². The van der Waals surface area contributed by atoms with E-state index >= 15 is 0 Å². The van der Waals surface area contributed by atoms with Crippen molar-refractivity contribution in [3.63, 3.8) is 0 Å². The molecule has 0 aliphatic rings. The smallest absolute Gasteiger partial charge is 0.0931 e. The topological polar surface area (TPSA) is 12.0 Å². The van der Waals surface area contributed by atoms with Gasteiger partial charge in [0.15, 0.2) is 0 Å². The fourth-order valence-electron chi connectivity index (χ4n) is 1.35. The molecule has 84 valence electrons. The molecule has 0 fully saturated rings. The number of alkyl halides is 1. The Bertz CT molecular complexity index is 450. The number of halogens is 2. The molecule has 1 N–H and O–H groups in total. The van der Waals surface area contributed by atoms with E-state index in [9.17, 15) is 0 Å². The average molecular weight is 272 g/mol. The van der Waals surface area contributed by atoms with Crippen LogP contribution in [0.2, 0.25) is 4.34 Å². The van der Waals surface area contributed by atoms with E-state index < -0.39 is 0 Å². The summed E-state index contributed by atoms with van der Waals surface area (Å²) in [5, 5.41) is 3.33. The second-order valence-electron chi connectivity index (χ2n) is 3.39. The van der Waals surface area contributed by atoms with Crippen LogP contribution in [-0.2, 0) is 12.4 Å². The third-order valence-corrected chi connectivity index (χ3v) is 3.74. The van der Waals surface area contributed by atoms with Crippen molar-refractivity contribution in [2.24, 2.45) is 0 Å². The van der Waals surface area contributed by atoms with Gasteiger partial charge >= 0.3 is 0 Å². The van der Waals surface area contributed by atoms with Crippen LogP contribution in [0.1, 0.15) is 10.4 Å². The largest absolute Gasteiger partial charge is 0.380 e. The molecule has 16 heavy (non-hydrogen) atoms. The van der Waals surface area contributed by atoms with Crippen molar-refractivity contribution in [3.05, 3.63) is 51.2 Å². The maximum absolute atomic E-state index is 5.86. The van der Waals surface area contributed by atoms with Gasteiger partial charge in [0.2, 0.25) is 0 Å². The zero-order valence-electron chi connectivity index (χ0n) is 8.54. The first kappa shape index (κ1) is 11.8. The third kappa shape index (κ3) is 3.14. The molecule has 0 aliphatic carbocycles. The van der Waals surface area contributed by atoms with Crippen molar-refractivity contribution in [2.75, 3.05) is 5.32 Å². The second-order valence-corrected chi connectivity index (χ2v) is 5.46. The van der Waals surface area contributed by atoms with E-state index in [2.05, 4.69) is 5.32 Å². The van der Waals surface area contributed by atoms with Crippen molar-refractivity contribution >= 4 is 40.2 Å². The highest BCUT2D eigenvalue weighted by molar-refractivity contribution is 7.16. The van der Waals surface area contributed by atoms with Crippen LogP contribution in [0.3, 0.4) is 0 Å². The zero-order valence-corrected chi connectivity index (χ0v) is 10.9. The van der Waals surface area contributed by atoms with Gasteiger partial charge in [0, 0.05) is 23.0 Å². The van der Waals surface area contributed by atoms with Crippen molar-refractivity contribution in [1.29, 1.82) is 0 Å². The van der Waals surface area contributed by atoms with Gasteiger partial charge in [-0.25, -0.2) is 0 Å². The average Bonchev–Trinajstić information content (AvgIpc) is 2.73. The highest BCUT2D eigenvalue weighted by atomic mass is 35.5. The number of benzene rings is 1. The van der Waals surface area contributed by atoms with Crippen molar-refractivity contribution in [2.45, 2.75) is 12.4 Å². The van der Waals surface area contributed by atoms with Gasteiger partial charge in [-0.2, -0.15) is 0 Å². The molecule has 1 nitrogen and oxygen atoms in total. The Morgan fingerprint density at radius 3 is 2.38 bits per heavy atom. The normalized spacial score (nSPS) is 10.4. The van der Waals surface area contributed by atoms with Gasteiger partial charge < -0.3 is 5.32 Å². The highest BCUT2D eigenvalue weighted by Gasteiger charge is 1.98. The van der Waals surface area contributed by atoms with Crippen LogP contribution in [0.25, 0.3) is 0 Å². The van der Waals surface area contributed by atoms with Crippen LogP contribution in [0.5, 0.6) is 0 Å². The second kappa shape index (κ2) is 5.58. The lowest BCUT2D eigenvalue weighted by Gasteiger charge is -2.05. The number of hydrogen-bond acceptors (Lipinski definition) is 2. The van der Waals surface area contributed by atoms with E-state index in [1.807, 2.05) is 36.4 Å². The molecule has 0 atom stereocenters. The van der Waals surface area contributed by atoms with Gasteiger partial charge in [-0.3, -0.25) is 0 Å². The number of rotatable bonds is 4. The Kier molecular flexibility index (Phi) is 4.10. The summed E-state index contributed by atoms with van der Waals surface area (Å²) < 4.78 is 0.828. The fraction of sp³-hybridized carbons (Fsp3) is 0.167. The quantitative estimate of drug-likeness (QED) is 0.792. The molecule has 0 spiro atoms. The monoisotopic (exact) mass is 271 g/mol. The molecular formula is C12H11Cl2NS. The summed E-state index contributed by atoms with van der Waals surface area (Å²) in [4.78, 5) is 1.23. The van der Waals surface area contributed by atoms with E-state index in [1.165, 1.54) is 4.88 Å². The van der Waals surface area contributed by atoms with Crippen LogP contribution >= 0.6 is 34.5 Å². The summed E-state index contributed by atoms with van der Waals surface area (Å²) in [6.45, 7) is 0.803. The molecule has 2 aromatic rings. The summed E-state index contributed by atoms with van der Waals surface area (Å²) in [5.41, 5.74) is 2.23. The minimum absolute atomic E-state index is 0.556. The number of thiophene rings is 1. The Hall–Kier alpha value is -0.700. The molecule has 0 unspecified atom stereocenters. The van der Waals surface area contributed by atoms with Crippen LogP contribution in [0.15, 0.2) is 36.4 Å². The maximum Gasteiger partial charge on any atom is 0.0931 e. The van der Waals surface area contributed by atoms with Gasteiger partial charge in [-0.15, -0.1) is 22.9 Å². The molecule has 4 heteroatoms. The number of anilines is 1. The van der Waals surface area contributed by atoms with E-state index in [1.54, 1.807) is 11.3 Å². The molecule has 0 saturated heterocycles. The fourth-order valence-corrected chi connectivity index (χ4v) is 2.55. The van der Waals surface area contributed by atoms with Gasteiger partial charge in [-0.05, 0) is 29.8 Å². The Balaban J connectivity index is 1.94. The van der Waals surface area contributed by atoms with Gasteiger partial charge in [0.05, 0.1) is 4.34 Å². The van der Waals surface area contributed by atoms with Crippen molar-refractivity contribution < 1.29 is 0 Å². The van der Waals surface area contributed by atoms with Crippen molar-refractivity contribution in [3.8, 4) is 0 Å². The minimum Gasteiger partial charge on any atom is -0.380 e. The Morgan fingerprint density at radius 1 is 1.06 bits per heavy atom. The summed E-state index contributed by atoms with van der Waals surface area (Å²) >= 11 is 13.2. The number of nitrogens with one attached hydrogen (secondary N) is 1. The predicted octanol–water partition coefficient (Wildman–Crippen LogP) is 4.75. The summed E-state index contributed by atoms with van der Waals surface area (Å²) in [6, 6.07) is 12.1. The SMILES string of the molecule is ClCc1ccc(NCc2ccc(Cl)s2)cc1. The molecule has 0 aliphatic heterocycles. The van der Waals surface area contributed by atoms with E-state index in [-0.39, 0.29) is 0 Å². The maximum atomic E-state index is 5.86. The highest BCUT2D eigenvalue weighted by Crippen LogP contribution is 2.22. The minimum atomic E-state index is 0.556. The first-order valence-corrected chi connectivity index (χ1v) is 6.64. The lowest BCUT2D eigenvalue weighted by molar-refractivity contribution is 1.19. The molecule has 0 amide bonds. The molecule has 0 bridgehead atoms. The Labute approximate surface area is 109 Å². The summed E-state index contributed by atoms with van der Waals surface area (Å²) in [7, 11) is 0.